The topological polar surface area (TPSA) is 98.5 Å². The van der Waals surface area contributed by atoms with Gasteiger partial charge in [-0.25, -0.2) is 13.6 Å². The lowest BCUT2D eigenvalue weighted by Crippen LogP contribution is -2.39. The third-order valence-corrected chi connectivity index (χ3v) is 5.73. The number of hydrogen-bond donors (Lipinski definition) is 2. The number of carbonyl (C=O) groups is 1. The van der Waals surface area contributed by atoms with Crippen molar-refractivity contribution in [2.75, 3.05) is 6.61 Å². The average molecular weight is 377 g/mol. The summed E-state index contributed by atoms with van der Waals surface area (Å²) in [5, 5.41) is 8.03. The van der Waals surface area contributed by atoms with Gasteiger partial charge in [-0.2, -0.15) is 0 Å². The molecule has 0 spiro atoms. The molecule has 1 saturated heterocycles. The number of rotatable bonds is 3. The number of amides is 1. The summed E-state index contributed by atoms with van der Waals surface area (Å²) in [6.07, 6.45) is 0.688. The van der Waals surface area contributed by atoms with Gasteiger partial charge in [0.2, 0.25) is 10.0 Å². The van der Waals surface area contributed by atoms with Crippen LogP contribution in [0.5, 0.6) is 0 Å². The summed E-state index contributed by atoms with van der Waals surface area (Å²) in [5.41, 5.74) is 0.890. The number of aryl methyl sites for hydroxylation is 1. The fourth-order valence-electron chi connectivity index (χ4n) is 2.25. The monoisotopic (exact) mass is 376 g/mol. The largest absolute Gasteiger partial charge is 0.376 e. The summed E-state index contributed by atoms with van der Waals surface area (Å²) < 4.78 is 28.9. The molecule has 0 saturated carbocycles. The molecular formula is C13H17BrN2O4S. The lowest BCUT2D eigenvalue weighted by atomic mass is 10.1. The normalized spacial score (nSPS) is 22.3. The highest BCUT2D eigenvalue weighted by Crippen LogP contribution is 2.26. The van der Waals surface area contributed by atoms with E-state index in [-0.39, 0.29) is 28.5 Å². The second-order valence-electron chi connectivity index (χ2n) is 5.09. The predicted molar refractivity (Wildman–Crippen MR) is 81.5 cm³/mol. The SMILES string of the molecule is Cc1cc(C(=O)NC2CCOC2C)cc(S(N)(=O)=O)c1Br. The zero-order valence-corrected chi connectivity index (χ0v) is 14.1. The quantitative estimate of drug-likeness (QED) is 0.830. The van der Waals surface area contributed by atoms with E-state index >= 15 is 0 Å². The van der Waals surface area contributed by atoms with Crippen molar-refractivity contribution in [2.45, 2.75) is 37.3 Å². The third-order valence-electron chi connectivity index (χ3n) is 3.48. The van der Waals surface area contributed by atoms with Crippen LogP contribution in [0.25, 0.3) is 0 Å². The van der Waals surface area contributed by atoms with Gasteiger partial charge in [-0.05, 0) is 53.9 Å². The van der Waals surface area contributed by atoms with Gasteiger partial charge in [-0.3, -0.25) is 4.79 Å². The second-order valence-corrected chi connectivity index (χ2v) is 7.42. The molecule has 21 heavy (non-hydrogen) atoms. The van der Waals surface area contributed by atoms with Crippen LogP contribution in [0.2, 0.25) is 0 Å². The molecule has 1 aliphatic heterocycles. The van der Waals surface area contributed by atoms with Gasteiger partial charge in [-0.15, -0.1) is 0 Å². The number of halogens is 1. The van der Waals surface area contributed by atoms with E-state index in [9.17, 15) is 13.2 Å². The van der Waals surface area contributed by atoms with Crippen molar-refractivity contribution in [1.82, 2.24) is 5.32 Å². The van der Waals surface area contributed by atoms with Crippen LogP contribution in [-0.4, -0.2) is 33.1 Å². The molecule has 1 aromatic rings. The first kappa shape index (κ1) is 16.4. The van der Waals surface area contributed by atoms with Crippen LogP contribution >= 0.6 is 15.9 Å². The lowest BCUT2D eigenvalue weighted by molar-refractivity contribution is 0.0866. The molecule has 0 radical (unpaired) electrons. The van der Waals surface area contributed by atoms with Crippen molar-refractivity contribution in [3.63, 3.8) is 0 Å². The molecule has 0 aromatic heterocycles. The molecule has 116 valence electrons. The van der Waals surface area contributed by atoms with E-state index < -0.39 is 10.0 Å². The van der Waals surface area contributed by atoms with E-state index in [0.29, 0.717) is 16.6 Å². The van der Waals surface area contributed by atoms with Crippen molar-refractivity contribution >= 4 is 31.9 Å². The average Bonchev–Trinajstić information content (AvgIpc) is 2.76. The highest BCUT2D eigenvalue weighted by molar-refractivity contribution is 9.10. The van der Waals surface area contributed by atoms with Gasteiger partial charge in [0, 0.05) is 16.6 Å². The summed E-state index contributed by atoms with van der Waals surface area (Å²) in [6.45, 7) is 4.20. The van der Waals surface area contributed by atoms with Gasteiger partial charge in [-0.1, -0.05) is 0 Å². The van der Waals surface area contributed by atoms with Crippen LogP contribution < -0.4 is 10.5 Å². The predicted octanol–water partition coefficient (Wildman–Crippen LogP) is 1.31. The highest BCUT2D eigenvalue weighted by atomic mass is 79.9. The maximum Gasteiger partial charge on any atom is 0.251 e. The van der Waals surface area contributed by atoms with Gasteiger partial charge in [0.1, 0.15) is 0 Å². The Morgan fingerprint density at radius 1 is 1.48 bits per heavy atom. The zero-order chi connectivity index (χ0) is 15.8. The van der Waals surface area contributed by atoms with Crippen molar-refractivity contribution in [3.05, 3.63) is 27.7 Å². The molecule has 1 heterocycles. The Morgan fingerprint density at radius 2 is 2.14 bits per heavy atom. The van der Waals surface area contributed by atoms with Gasteiger partial charge in [0.25, 0.3) is 5.91 Å². The van der Waals surface area contributed by atoms with Crippen LogP contribution in [0.15, 0.2) is 21.5 Å². The molecule has 2 rings (SSSR count). The van der Waals surface area contributed by atoms with Crippen molar-refractivity contribution in [1.29, 1.82) is 0 Å². The van der Waals surface area contributed by atoms with E-state index in [1.165, 1.54) is 6.07 Å². The first-order chi connectivity index (χ1) is 9.70. The van der Waals surface area contributed by atoms with E-state index in [1.807, 2.05) is 6.92 Å². The zero-order valence-electron chi connectivity index (χ0n) is 11.7. The van der Waals surface area contributed by atoms with Crippen LogP contribution in [-0.2, 0) is 14.8 Å². The minimum atomic E-state index is -3.90. The second kappa shape index (κ2) is 6.04. The highest BCUT2D eigenvalue weighted by Gasteiger charge is 2.27. The van der Waals surface area contributed by atoms with E-state index in [4.69, 9.17) is 9.88 Å². The van der Waals surface area contributed by atoms with Gasteiger partial charge in [0.15, 0.2) is 0 Å². The molecular weight excluding hydrogens is 360 g/mol. The number of nitrogens with two attached hydrogens (primary N) is 1. The molecule has 8 heteroatoms. The molecule has 6 nitrogen and oxygen atoms in total. The van der Waals surface area contributed by atoms with Crippen LogP contribution in [0.4, 0.5) is 0 Å². The minimum absolute atomic E-state index is 0.0526. The Kier molecular flexibility index (Phi) is 4.72. The molecule has 1 fully saturated rings. The fraction of sp³-hybridized carbons (Fsp3) is 0.462. The number of hydrogen-bond acceptors (Lipinski definition) is 4. The molecule has 0 aliphatic carbocycles. The number of carbonyl (C=O) groups excluding carboxylic acids is 1. The number of sulfonamides is 1. The van der Waals surface area contributed by atoms with Crippen molar-refractivity contribution in [3.8, 4) is 0 Å². The van der Waals surface area contributed by atoms with Gasteiger partial charge in [0.05, 0.1) is 17.0 Å². The molecule has 2 unspecified atom stereocenters. The first-order valence-electron chi connectivity index (χ1n) is 6.45. The number of benzene rings is 1. The van der Waals surface area contributed by atoms with Crippen LogP contribution in [0.3, 0.4) is 0 Å². The van der Waals surface area contributed by atoms with Crippen molar-refractivity contribution in [2.24, 2.45) is 5.14 Å². The van der Waals surface area contributed by atoms with E-state index in [1.54, 1.807) is 13.0 Å². The van der Waals surface area contributed by atoms with Gasteiger partial charge < -0.3 is 10.1 Å². The van der Waals surface area contributed by atoms with Crippen LogP contribution in [0.1, 0.15) is 29.3 Å². The van der Waals surface area contributed by atoms with Crippen molar-refractivity contribution < 1.29 is 17.9 Å². The molecule has 3 N–H and O–H groups in total. The number of nitrogens with one attached hydrogen (secondary N) is 1. The Hall–Kier alpha value is -0.960. The molecule has 0 bridgehead atoms. The number of ether oxygens (including phenoxy) is 1. The Balaban J connectivity index is 2.32. The standard InChI is InChI=1S/C13H17BrN2O4S/c1-7-5-9(6-11(12(7)14)21(15,18)19)13(17)16-10-3-4-20-8(10)2/h5-6,8,10H,3-4H2,1-2H3,(H,16,17)(H2,15,18,19). The van der Waals surface area contributed by atoms with E-state index in [0.717, 1.165) is 6.42 Å². The fourth-order valence-corrected chi connectivity index (χ4v) is 3.86. The molecule has 1 amide bonds. The Labute approximate surface area is 132 Å². The molecule has 1 aromatic carbocycles. The lowest BCUT2D eigenvalue weighted by Gasteiger charge is -2.17. The van der Waals surface area contributed by atoms with E-state index in [2.05, 4.69) is 21.2 Å². The summed E-state index contributed by atoms with van der Waals surface area (Å²) in [4.78, 5) is 12.2. The maximum absolute atomic E-state index is 12.3. The minimum Gasteiger partial charge on any atom is -0.376 e. The summed E-state index contributed by atoms with van der Waals surface area (Å²) in [7, 11) is -3.90. The summed E-state index contributed by atoms with van der Waals surface area (Å²) >= 11 is 3.19. The molecule has 2 atom stereocenters. The summed E-state index contributed by atoms with van der Waals surface area (Å²) in [6, 6.07) is 2.83. The third kappa shape index (κ3) is 3.63. The molecule has 1 aliphatic rings. The van der Waals surface area contributed by atoms with Crippen LogP contribution in [0, 0.1) is 6.92 Å². The number of primary sulfonamides is 1. The van der Waals surface area contributed by atoms with Gasteiger partial charge >= 0.3 is 0 Å². The first-order valence-corrected chi connectivity index (χ1v) is 8.79. The Morgan fingerprint density at radius 3 is 2.67 bits per heavy atom. The smallest absolute Gasteiger partial charge is 0.251 e. The maximum atomic E-state index is 12.3. The Bertz CT molecular complexity index is 675. The summed E-state index contributed by atoms with van der Waals surface area (Å²) in [5.74, 6) is -0.335.